The van der Waals surface area contributed by atoms with Crippen molar-refractivity contribution in [2.24, 2.45) is 5.73 Å². The Morgan fingerprint density at radius 2 is 1.36 bits per heavy atom. The van der Waals surface area contributed by atoms with Gasteiger partial charge in [-0.15, -0.1) is 0 Å². The average Bonchev–Trinajstić information content (AvgIpc) is 3.35. The molecule has 0 saturated carbocycles. The first kappa shape index (κ1) is 28.3. The number of benzene rings is 4. The number of nitrogens with one attached hydrogen (secondary N) is 2. The summed E-state index contributed by atoms with van der Waals surface area (Å²) in [6, 6.07) is 23.6. The molecule has 3 amide bonds. The molecular weight excluding hydrogens is 533 g/mol. The molecule has 4 N–H and O–H groups in total. The third kappa shape index (κ3) is 5.65. The second kappa shape index (κ2) is 11.0. The molecule has 5 aromatic rings. The van der Waals surface area contributed by atoms with Gasteiger partial charge in [0.1, 0.15) is 17.2 Å². The number of furan rings is 1. The minimum Gasteiger partial charge on any atom is -0.455 e. The van der Waals surface area contributed by atoms with Crippen LogP contribution in [0.4, 0.5) is 4.39 Å². The van der Waals surface area contributed by atoms with E-state index in [0.717, 1.165) is 16.7 Å². The van der Waals surface area contributed by atoms with Crippen LogP contribution < -0.4 is 16.4 Å². The predicted octanol–water partition coefficient (Wildman–Crippen LogP) is 6.56. The Balaban J connectivity index is 1.65. The number of carbonyl (C=O) groups excluding carboxylic acids is 3. The Labute approximate surface area is 242 Å². The van der Waals surface area contributed by atoms with Gasteiger partial charge in [-0.3, -0.25) is 14.4 Å². The number of hydrogen-bond donors (Lipinski definition) is 3. The van der Waals surface area contributed by atoms with E-state index in [-0.39, 0.29) is 11.8 Å². The predicted molar refractivity (Wildman–Crippen MR) is 162 cm³/mol. The number of fused-ring (bicyclic) bond motifs is 1. The van der Waals surface area contributed by atoms with E-state index < -0.39 is 17.3 Å². The van der Waals surface area contributed by atoms with E-state index in [1.54, 1.807) is 48.5 Å². The van der Waals surface area contributed by atoms with Gasteiger partial charge in [-0.25, -0.2) is 4.39 Å². The fourth-order valence-corrected chi connectivity index (χ4v) is 4.82. The van der Waals surface area contributed by atoms with Crippen LogP contribution in [0.2, 0.25) is 0 Å². The van der Waals surface area contributed by atoms with Crippen LogP contribution in [-0.2, 0) is 0 Å². The molecule has 0 atom stereocenters. The van der Waals surface area contributed by atoms with Crippen LogP contribution in [-0.4, -0.2) is 30.3 Å². The average molecular weight is 564 g/mol. The van der Waals surface area contributed by atoms with Crippen molar-refractivity contribution in [1.82, 2.24) is 10.6 Å². The van der Waals surface area contributed by atoms with E-state index in [0.29, 0.717) is 44.5 Å². The summed E-state index contributed by atoms with van der Waals surface area (Å²) in [6.07, 6.45) is 0. The monoisotopic (exact) mass is 563 g/mol. The van der Waals surface area contributed by atoms with E-state index in [1.807, 2.05) is 45.0 Å². The highest BCUT2D eigenvalue weighted by Gasteiger charge is 2.23. The molecule has 42 heavy (non-hydrogen) atoms. The van der Waals surface area contributed by atoms with Gasteiger partial charge in [-0.1, -0.05) is 30.3 Å². The van der Waals surface area contributed by atoms with E-state index in [2.05, 4.69) is 10.6 Å². The molecule has 0 fully saturated rings. The van der Waals surface area contributed by atoms with Gasteiger partial charge in [-0.05, 0) is 97.6 Å². The van der Waals surface area contributed by atoms with Crippen molar-refractivity contribution in [2.75, 3.05) is 7.05 Å². The molecule has 0 saturated heterocycles. The molecule has 0 aliphatic heterocycles. The van der Waals surface area contributed by atoms with Crippen LogP contribution in [0.3, 0.4) is 0 Å². The van der Waals surface area contributed by atoms with Crippen molar-refractivity contribution in [3.8, 4) is 33.6 Å². The molecule has 212 valence electrons. The first-order chi connectivity index (χ1) is 19.9. The van der Waals surface area contributed by atoms with Crippen LogP contribution in [0.1, 0.15) is 51.8 Å². The summed E-state index contributed by atoms with van der Waals surface area (Å²) in [6.45, 7) is 5.71. The topological polar surface area (TPSA) is 114 Å². The smallest absolute Gasteiger partial charge is 0.255 e. The zero-order chi connectivity index (χ0) is 30.2. The molecular formula is C34H30FN3O4. The molecule has 8 heteroatoms. The standard InChI is InChI=1S/C34H30FN3O4/c1-34(2,3)38-32(40)26-17-22(11-15-25(26)19-5-7-21(8-6-19)31(36)39)23-12-16-28-27(18-23)29(33(41)37-4)30(42-28)20-9-13-24(35)14-10-20/h5-18H,1-4H3,(H2,36,39)(H,37,41)(H,38,40). The number of hydrogen-bond acceptors (Lipinski definition) is 4. The maximum atomic E-state index is 13.6. The van der Waals surface area contributed by atoms with Gasteiger partial charge < -0.3 is 20.8 Å². The van der Waals surface area contributed by atoms with E-state index in [4.69, 9.17) is 10.2 Å². The number of primary amides is 1. The highest BCUT2D eigenvalue weighted by molar-refractivity contribution is 6.12. The summed E-state index contributed by atoms with van der Waals surface area (Å²) in [7, 11) is 1.54. The first-order valence-electron chi connectivity index (χ1n) is 13.4. The van der Waals surface area contributed by atoms with Crippen molar-refractivity contribution in [2.45, 2.75) is 26.3 Å². The van der Waals surface area contributed by atoms with Crippen LogP contribution in [0.5, 0.6) is 0 Å². The molecule has 7 nitrogen and oxygen atoms in total. The summed E-state index contributed by atoms with van der Waals surface area (Å²) in [5, 5.41) is 6.28. The summed E-state index contributed by atoms with van der Waals surface area (Å²) in [4.78, 5) is 38.1. The third-order valence-electron chi connectivity index (χ3n) is 6.81. The molecule has 0 aliphatic rings. The quantitative estimate of drug-likeness (QED) is 0.217. The van der Waals surface area contributed by atoms with Gasteiger partial charge in [0, 0.05) is 34.7 Å². The maximum absolute atomic E-state index is 13.6. The fourth-order valence-electron chi connectivity index (χ4n) is 4.82. The van der Waals surface area contributed by atoms with Crippen molar-refractivity contribution < 1.29 is 23.2 Å². The second-order valence-corrected chi connectivity index (χ2v) is 11.0. The Kier molecular flexibility index (Phi) is 7.39. The zero-order valence-corrected chi connectivity index (χ0v) is 23.7. The number of amides is 3. The number of carbonyl (C=O) groups is 3. The van der Waals surface area contributed by atoms with E-state index in [9.17, 15) is 18.8 Å². The van der Waals surface area contributed by atoms with Gasteiger partial charge in [0.15, 0.2) is 0 Å². The molecule has 0 unspecified atom stereocenters. The lowest BCUT2D eigenvalue weighted by Gasteiger charge is -2.22. The molecule has 0 spiro atoms. The minimum atomic E-state index is -0.532. The van der Waals surface area contributed by atoms with Gasteiger partial charge in [0.05, 0.1) is 5.56 Å². The van der Waals surface area contributed by atoms with Crippen molar-refractivity contribution in [3.63, 3.8) is 0 Å². The lowest BCUT2D eigenvalue weighted by molar-refractivity contribution is 0.0918. The van der Waals surface area contributed by atoms with Crippen LogP contribution >= 0.6 is 0 Å². The normalized spacial score (nSPS) is 11.4. The highest BCUT2D eigenvalue weighted by atomic mass is 19.1. The van der Waals surface area contributed by atoms with E-state index in [1.165, 1.54) is 19.2 Å². The van der Waals surface area contributed by atoms with Gasteiger partial charge >= 0.3 is 0 Å². The van der Waals surface area contributed by atoms with Gasteiger partial charge in [0.25, 0.3) is 11.8 Å². The van der Waals surface area contributed by atoms with Crippen LogP contribution in [0, 0.1) is 5.82 Å². The largest absolute Gasteiger partial charge is 0.455 e. The Hall–Kier alpha value is -5.24. The number of halogens is 1. The second-order valence-electron chi connectivity index (χ2n) is 11.0. The maximum Gasteiger partial charge on any atom is 0.255 e. The van der Waals surface area contributed by atoms with Crippen molar-refractivity contribution in [1.29, 1.82) is 0 Å². The molecule has 5 rings (SSSR count). The molecule has 0 aliphatic carbocycles. The van der Waals surface area contributed by atoms with Crippen molar-refractivity contribution in [3.05, 3.63) is 107 Å². The summed E-state index contributed by atoms with van der Waals surface area (Å²) in [5.41, 5.74) is 10.1. The molecule has 0 radical (unpaired) electrons. The van der Waals surface area contributed by atoms with Crippen LogP contribution in [0.15, 0.2) is 89.3 Å². The van der Waals surface area contributed by atoms with Gasteiger partial charge in [-0.2, -0.15) is 0 Å². The summed E-state index contributed by atoms with van der Waals surface area (Å²) >= 11 is 0. The lowest BCUT2D eigenvalue weighted by atomic mass is 9.92. The zero-order valence-electron chi connectivity index (χ0n) is 23.7. The van der Waals surface area contributed by atoms with Crippen molar-refractivity contribution >= 4 is 28.7 Å². The lowest BCUT2D eigenvalue weighted by Crippen LogP contribution is -2.40. The molecule has 4 aromatic carbocycles. The Morgan fingerprint density at radius 3 is 1.98 bits per heavy atom. The molecule has 1 heterocycles. The Morgan fingerprint density at radius 1 is 0.762 bits per heavy atom. The number of nitrogens with two attached hydrogens (primary N) is 1. The van der Waals surface area contributed by atoms with E-state index >= 15 is 0 Å². The van der Waals surface area contributed by atoms with Crippen LogP contribution in [0.25, 0.3) is 44.5 Å². The Bertz CT molecular complexity index is 1830. The third-order valence-corrected chi connectivity index (χ3v) is 6.81. The fraction of sp³-hybridized carbons (Fsp3) is 0.147. The van der Waals surface area contributed by atoms with Gasteiger partial charge in [0.2, 0.25) is 5.91 Å². The highest BCUT2D eigenvalue weighted by Crippen LogP contribution is 2.37. The first-order valence-corrected chi connectivity index (χ1v) is 13.4. The summed E-state index contributed by atoms with van der Waals surface area (Å²) < 4.78 is 19.7. The summed E-state index contributed by atoms with van der Waals surface area (Å²) in [5.74, 6) is -1.19. The SMILES string of the molecule is CNC(=O)c1c(-c2ccc(F)cc2)oc2ccc(-c3ccc(-c4ccc(C(N)=O)cc4)c(C(=O)NC(C)(C)C)c3)cc12. The minimum absolute atomic E-state index is 0.257. The molecule has 1 aromatic heterocycles. The molecule has 0 bridgehead atoms. The number of rotatable bonds is 6.